The second kappa shape index (κ2) is 55.4. The van der Waals surface area contributed by atoms with Crippen molar-refractivity contribution in [2.24, 2.45) is 0 Å². The highest BCUT2D eigenvalue weighted by Crippen LogP contribution is 2.16. The molecule has 0 fully saturated rings. The predicted molar refractivity (Wildman–Crippen MR) is 279 cm³/mol. The van der Waals surface area contributed by atoms with Gasteiger partial charge in [-0.15, -0.1) is 0 Å². The molecular weight excluding hydrogens is 789 g/mol. The zero-order valence-electron chi connectivity index (χ0n) is 43.3. The summed E-state index contributed by atoms with van der Waals surface area (Å²) in [5, 5.41) is 0. The Labute approximate surface area is 400 Å². The molecule has 0 amide bonds. The number of carbonyl (C=O) groups is 2. The quantitative estimate of drug-likeness (QED) is 0.0346. The molecule has 0 saturated carbocycles. The topological polar surface area (TPSA) is 61.8 Å². The molecule has 376 valence electrons. The summed E-state index contributed by atoms with van der Waals surface area (Å²) in [5.74, 6) is -0.394. The lowest BCUT2D eigenvalue weighted by atomic mass is 10.0. The maximum Gasteiger partial charge on any atom is 0.306 e. The molecule has 0 rings (SSSR count). The number of ether oxygens (including phenoxy) is 3. The van der Waals surface area contributed by atoms with E-state index in [2.05, 4.69) is 57.2 Å². The van der Waals surface area contributed by atoms with Crippen LogP contribution in [0.4, 0.5) is 0 Å². The molecule has 0 aromatic carbocycles. The van der Waals surface area contributed by atoms with E-state index in [1.165, 1.54) is 212 Å². The van der Waals surface area contributed by atoms with Crippen molar-refractivity contribution < 1.29 is 23.8 Å². The third-order valence-electron chi connectivity index (χ3n) is 12.6. The van der Waals surface area contributed by atoms with Crippen LogP contribution in [0.3, 0.4) is 0 Å². The van der Waals surface area contributed by atoms with E-state index in [-0.39, 0.29) is 25.2 Å². The van der Waals surface area contributed by atoms with E-state index in [1.807, 2.05) is 0 Å². The molecule has 0 N–H and O–H groups in total. The highest BCUT2D eigenvalue weighted by Gasteiger charge is 2.17. The first kappa shape index (κ1) is 62.1. The van der Waals surface area contributed by atoms with Crippen LogP contribution in [0.1, 0.15) is 303 Å². The largest absolute Gasteiger partial charge is 0.462 e. The third-order valence-corrected chi connectivity index (χ3v) is 12.6. The first-order valence-corrected chi connectivity index (χ1v) is 28.5. The van der Waals surface area contributed by atoms with Crippen molar-refractivity contribution in [3.8, 4) is 0 Å². The molecular formula is C59H110O5. The third kappa shape index (κ3) is 52.7. The van der Waals surface area contributed by atoms with Gasteiger partial charge >= 0.3 is 11.9 Å². The monoisotopic (exact) mass is 899 g/mol. The van der Waals surface area contributed by atoms with Gasteiger partial charge in [0.1, 0.15) is 6.61 Å². The lowest BCUT2D eigenvalue weighted by Gasteiger charge is -2.18. The zero-order valence-corrected chi connectivity index (χ0v) is 43.3. The molecule has 0 aliphatic carbocycles. The van der Waals surface area contributed by atoms with E-state index in [4.69, 9.17) is 14.2 Å². The highest BCUT2D eigenvalue weighted by molar-refractivity contribution is 5.70. The van der Waals surface area contributed by atoms with E-state index in [1.54, 1.807) is 0 Å². The number of carbonyl (C=O) groups excluding carboxylic acids is 2. The van der Waals surface area contributed by atoms with Crippen LogP contribution in [0.15, 0.2) is 36.5 Å². The Balaban J connectivity index is 4.17. The summed E-state index contributed by atoms with van der Waals surface area (Å²) in [6.07, 6.45) is 67.4. The average Bonchev–Trinajstić information content (AvgIpc) is 3.30. The van der Waals surface area contributed by atoms with E-state index in [0.717, 1.165) is 57.8 Å². The molecule has 0 heterocycles. The Morgan fingerprint density at radius 1 is 0.344 bits per heavy atom. The number of hydrogen-bond donors (Lipinski definition) is 0. The van der Waals surface area contributed by atoms with Gasteiger partial charge in [-0.25, -0.2) is 0 Å². The maximum atomic E-state index is 12.8. The molecule has 0 aromatic heterocycles. The average molecular weight is 900 g/mol. The molecule has 64 heavy (non-hydrogen) atoms. The summed E-state index contributed by atoms with van der Waals surface area (Å²) in [6.45, 7) is 7.80. The van der Waals surface area contributed by atoms with Crippen LogP contribution >= 0.6 is 0 Å². The molecule has 0 saturated heterocycles. The summed E-state index contributed by atoms with van der Waals surface area (Å²) < 4.78 is 17.4. The van der Waals surface area contributed by atoms with Gasteiger partial charge in [0.2, 0.25) is 0 Å². The molecule has 0 radical (unpaired) electrons. The molecule has 0 aliphatic rings. The minimum absolute atomic E-state index is 0.0848. The van der Waals surface area contributed by atoms with Gasteiger partial charge in [-0.1, -0.05) is 256 Å². The van der Waals surface area contributed by atoms with E-state index in [9.17, 15) is 9.59 Å². The van der Waals surface area contributed by atoms with Crippen molar-refractivity contribution in [2.45, 2.75) is 309 Å². The van der Waals surface area contributed by atoms with E-state index in [0.29, 0.717) is 19.4 Å². The number of unbranched alkanes of at least 4 members (excludes halogenated alkanes) is 36. The highest BCUT2D eigenvalue weighted by atomic mass is 16.6. The zero-order chi connectivity index (χ0) is 46.3. The lowest BCUT2D eigenvalue weighted by molar-refractivity contribution is -0.163. The van der Waals surface area contributed by atoms with Crippen molar-refractivity contribution in [1.82, 2.24) is 0 Å². The Morgan fingerprint density at radius 3 is 1.12 bits per heavy atom. The Hall–Kier alpha value is -1.88. The van der Waals surface area contributed by atoms with Crippen LogP contribution in [-0.2, 0) is 23.8 Å². The van der Waals surface area contributed by atoms with Crippen LogP contribution in [0.2, 0.25) is 0 Å². The van der Waals surface area contributed by atoms with Crippen LogP contribution in [-0.4, -0.2) is 37.9 Å². The lowest BCUT2D eigenvalue weighted by Crippen LogP contribution is -2.30. The Kier molecular flexibility index (Phi) is 53.8. The maximum absolute atomic E-state index is 12.8. The first-order valence-electron chi connectivity index (χ1n) is 28.5. The minimum Gasteiger partial charge on any atom is -0.462 e. The van der Waals surface area contributed by atoms with Crippen molar-refractivity contribution >= 4 is 11.9 Å². The molecule has 5 heteroatoms. The summed E-state index contributed by atoms with van der Waals surface area (Å²) in [5.41, 5.74) is 0. The molecule has 0 spiro atoms. The van der Waals surface area contributed by atoms with E-state index < -0.39 is 6.10 Å². The Bertz CT molecular complexity index is 1020. The van der Waals surface area contributed by atoms with Crippen molar-refractivity contribution in [3.63, 3.8) is 0 Å². The van der Waals surface area contributed by atoms with Gasteiger partial charge in [0.25, 0.3) is 0 Å². The smallest absolute Gasteiger partial charge is 0.306 e. The second-order valence-corrected chi connectivity index (χ2v) is 19.2. The van der Waals surface area contributed by atoms with Gasteiger partial charge < -0.3 is 14.2 Å². The van der Waals surface area contributed by atoms with E-state index >= 15 is 0 Å². The van der Waals surface area contributed by atoms with Crippen LogP contribution in [0, 0.1) is 0 Å². The first-order chi connectivity index (χ1) is 31.6. The predicted octanol–water partition coefficient (Wildman–Crippen LogP) is 19.4. The number of esters is 2. The van der Waals surface area contributed by atoms with Crippen LogP contribution < -0.4 is 0 Å². The van der Waals surface area contributed by atoms with Gasteiger partial charge in [-0.2, -0.15) is 0 Å². The molecule has 1 atom stereocenters. The van der Waals surface area contributed by atoms with Crippen molar-refractivity contribution in [2.75, 3.05) is 19.8 Å². The number of rotatable bonds is 53. The minimum atomic E-state index is -0.539. The summed E-state index contributed by atoms with van der Waals surface area (Å²) in [7, 11) is 0. The van der Waals surface area contributed by atoms with Crippen molar-refractivity contribution in [1.29, 1.82) is 0 Å². The van der Waals surface area contributed by atoms with Crippen molar-refractivity contribution in [3.05, 3.63) is 36.5 Å². The van der Waals surface area contributed by atoms with Gasteiger partial charge in [-0.3, -0.25) is 9.59 Å². The summed E-state index contributed by atoms with van der Waals surface area (Å²) >= 11 is 0. The SMILES string of the molecule is CCCC/C=C\CCCCCCCC(=O)OC(COCCCCCCCCCC/C=C\C/C=C\CCCCC)COC(=O)CCCCCCCCCCCCCCCCCCCCC. The molecule has 0 bridgehead atoms. The fourth-order valence-corrected chi connectivity index (χ4v) is 8.35. The normalized spacial score (nSPS) is 12.4. The standard InChI is InChI=1S/C59H110O5/c1-4-7-10-13-16-19-22-24-26-28-30-31-33-35-38-40-43-46-49-52-58(60)63-56-57(64-59(61)53-50-47-44-41-37-21-18-15-12-9-6-3)55-62-54-51-48-45-42-39-36-34-32-29-27-25-23-20-17-14-11-8-5-2/h15,17-18,20,25,27,57H,4-14,16,19,21-24,26,28-56H2,1-3H3/b18-15-,20-17-,27-25-. The molecule has 0 aromatic rings. The fourth-order valence-electron chi connectivity index (χ4n) is 8.35. The Morgan fingerprint density at radius 2 is 0.672 bits per heavy atom. The van der Waals surface area contributed by atoms with Gasteiger partial charge in [0.15, 0.2) is 6.10 Å². The molecule has 5 nitrogen and oxygen atoms in total. The van der Waals surface area contributed by atoms with Gasteiger partial charge in [0.05, 0.1) is 6.61 Å². The second-order valence-electron chi connectivity index (χ2n) is 19.2. The van der Waals surface area contributed by atoms with Gasteiger partial charge in [-0.05, 0) is 70.6 Å². The summed E-state index contributed by atoms with van der Waals surface area (Å²) in [6, 6.07) is 0. The summed E-state index contributed by atoms with van der Waals surface area (Å²) in [4.78, 5) is 25.4. The van der Waals surface area contributed by atoms with Gasteiger partial charge in [0, 0.05) is 19.4 Å². The fraction of sp³-hybridized carbons (Fsp3) is 0.864. The number of hydrogen-bond acceptors (Lipinski definition) is 5. The number of allylic oxidation sites excluding steroid dienone is 6. The molecule has 1 unspecified atom stereocenters. The van der Waals surface area contributed by atoms with Crippen LogP contribution in [0.25, 0.3) is 0 Å². The van der Waals surface area contributed by atoms with Crippen LogP contribution in [0.5, 0.6) is 0 Å². The molecule has 0 aliphatic heterocycles.